The molecule has 4 rings (SSSR count). The first-order valence-electron chi connectivity index (χ1n) is 8.07. The van der Waals surface area contributed by atoms with Gasteiger partial charge in [-0.1, -0.05) is 11.6 Å². The zero-order valence-electron chi connectivity index (χ0n) is 14.0. The Balaban J connectivity index is 1.77. The van der Waals surface area contributed by atoms with Crippen molar-refractivity contribution in [2.75, 3.05) is 18.9 Å². The van der Waals surface area contributed by atoms with Crippen LogP contribution < -0.4 is 15.2 Å². The minimum absolute atomic E-state index is 0.0184. The van der Waals surface area contributed by atoms with Crippen LogP contribution in [0.25, 0.3) is 5.69 Å². The van der Waals surface area contributed by atoms with Crippen LogP contribution in [-0.4, -0.2) is 28.8 Å². The SMILES string of the molecule is N#Cc1c(C(=O)c2ccc3c(c2)OCCO3)nn(-c2ccc(Cl)cc2)c1N. The van der Waals surface area contributed by atoms with Crippen LogP contribution in [0.1, 0.15) is 21.6 Å². The molecule has 134 valence electrons. The number of nitrogens with two attached hydrogens (primary N) is 1. The Morgan fingerprint density at radius 1 is 1.15 bits per heavy atom. The Hall–Kier alpha value is -3.50. The molecule has 0 bridgehead atoms. The quantitative estimate of drug-likeness (QED) is 0.700. The summed E-state index contributed by atoms with van der Waals surface area (Å²) in [7, 11) is 0. The summed E-state index contributed by atoms with van der Waals surface area (Å²) in [6, 6.07) is 13.6. The van der Waals surface area contributed by atoms with Crippen molar-refractivity contribution in [2.24, 2.45) is 0 Å². The number of hydrogen-bond acceptors (Lipinski definition) is 6. The van der Waals surface area contributed by atoms with Gasteiger partial charge in [-0.2, -0.15) is 10.4 Å². The number of nitriles is 1. The van der Waals surface area contributed by atoms with Crippen LogP contribution in [0.3, 0.4) is 0 Å². The lowest BCUT2D eigenvalue weighted by atomic mass is 10.0. The zero-order chi connectivity index (χ0) is 19.0. The van der Waals surface area contributed by atoms with E-state index in [4.69, 9.17) is 26.8 Å². The molecule has 27 heavy (non-hydrogen) atoms. The van der Waals surface area contributed by atoms with E-state index in [1.807, 2.05) is 6.07 Å². The van der Waals surface area contributed by atoms with Crippen LogP contribution >= 0.6 is 11.6 Å². The number of halogens is 1. The molecule has 8 heteroatoms. The van der Waals surface area contributed by atoms with E-state index >= 15 is 0 Å². The fourth-order valence-electron chi connectivity index (χ4n) is 2.80. The minimum atomic E-state index is -0.428. The van der Waals surface area contributed by atoms with Gasteiger partial charge in [0.1, 0.15) is 30.7 Å². The van der Waals surface area contributed by atoms with Gasteiger partial charge in [0.05, 0.1) is 5.69 Å². The van der Waals surface area contributed by atoms with Gasteiger partial charge in [-0.3, -0.25) is 4.79 Å². The van der Waals surface area contributed by atoms with Gasteiger partial charge < -0.3 is 15.2 Å². The average Bonchev–Trinajstić information content (AvgIpc) is 3.04. The van der Waals surface area contributed by atoms with Gasteiger partial charge in [-0.15, -0.1) is 0 Å². The summed E-state index contributed by atoms with van der Waals surface area (Å²) >= 11 is 5.90. The van der Waals surface area contributed by atoms with Gasteiger partial charge in [0.15, 0.2) is 17.2 Å². The molecule has 0 saturated heterocycles. The van der Waals surface area contributed by atoms with Gasteiger partial charge in [0.2, 0.25) is 5.78 Å². The van der Waals surface area contributed by atoms with E-state index in [9.17, 15) is 10.1 Å². The summed E-state index contributed by atoms with van der Waals surface area (Å²) in [5.74, 6) is 0.712. The number of ketones is 1. The van der Waals surface area contributed by atoms with E-state index in [0.717, 1.165) is 0 Å². The second-order valence-electron chi connectivity index (χ2n) is 5.80. The Kier molecular flexibility index (Phi) is 4.18. The van der Waals surface area contributed by atoms with Gasteiger partial charge >= 0.3 is 0 Å². The molecule has 0 radical (unpaired) electrons. The molecular weight excluding hydrogens is 368 g/mol. The highest BCUT2D eigenvalue weighted by molar-refractivity contribution is 6.30. The number of hydrogen-bond donors (Lipinski definition) is 1. The summed E-state index contributed by atoms with van der Waals surface area (Å²) in [5.41, 5.74) is 6.97. The number of nitrogens with zero attached hydrogens (tertiary/aromatic N) is 3. The summed E-state index contributed by atoms with van der Waals surface area (Å²) in [6.45, 7) is 0.868. The number of benzene rings is 2. The second kappa shape index (κ2) is 6.67. The zero-order valence-corrected chi connectivity index (χ0v) is 14.7. The standard InChI is InChI=1S/C19H13ClN4O3/c20-12-2-4-13(5-3-12)24-19(22)14(10-21)17(23-24)18(25)11-1-6-15-16(9-11)27-8-7-26-15/h1-6,9H,7-8,22H2. The van der Waals surface area contributed by atoms with Gasteiger partial charge in [-0.25, -0.2) is 4.68 Å². The molecule has 0 unspecified atom stereocenters. The van der Waals surface area contributed by atoms with Crippen LogP contribution in [0, 0.1) is 11.3 Å². The van der Waals surface area contributed by atoms with Crippen molar-refractivity contribution in [3.63, 3.8) is 0 Å². The highest BCUT2D eigenvalue weighted by Crippen LogP contribution is 2.32. The van der Waals surface area contributed by atoms with E-state index < -0.39 is 5.78 Å². The molecule has 7 nitrogen and oxygen atoms in total. The highest BCUT2D eigenvalue weighted by atomic mass is 35.5. The molecule has 0 saturated carbocycles. The van der Waals surface area contributed by atoms with Crippen molar-refractivity contribution in [1.82, 2.24) is 9.78 Å². The second-order valence-corrected chi connectivity index (χ2v) is 6.23. The maximum atomic E-state index is 13.0. The molecular formula is C19H13ClN4O3. The van der Waals surface area contributed by atoms with E-state index in [1.165, 1.54) is 4.68 Å². The van der Waals surface area contributed by atoms with Crippen LogP contribution in [0.5, 0.6) is 11.5 Å². The molecule has 1 aromatic heterocycles. The Bertz CT molecular complexity index is 1080. The van der Waals surface area contributed by atoms with Crippen molar-refractivity contribution in [3.05, 3.63) is 64.3 Å². The van der Waals surface area contributed by atoms with Gasteiger partial charge in [0, 0.05) is 10.6 Å². The van der Waals surface area contributed by atoms with Crippen molar-refractivity contribution in [2.45, 2.75) is 0 Å². The molecule has 0 spiro atoms. The fraction of sp³-hybridized carbons (Fsp3) is 0.105. The van der Waals surface area contributed by atoms with Crippen LogP contribution in [-0.2, 0) is 0 Å². The number of anilines is 1. The number of aromatic nitrogens is 2. The van der Waals surface area contributed by atoms with Crippen molar-refractivity contribution < 1.29 is 14.3 Å². The highest BCUT2D eigenvalue weighted by Gasteiger charge is 2.25. The first kappa shape index (κ1) is 16.9. The third kappa shape index (κ3) is 2.96. The fourth-order valence-corrected chi connectivity index (χ4v) is 2.93. The third-order valence-corrected chi connectivity index (χ3v) is 4.38. The average molecular weight is 381 g/mol. The van der Waals surface area contributed by atoms with Crippen molar-refractivity contribution >= 4 is 23.2 Å². The molecule has 0 amide bonds. The van der Waals surface area contributed by atoms with Gasteiger partial charge in [-0.05, 0) is 42.5 Å². The van der Waals surface area contributed by atoms with Crippen molar-refractivity contribution in [1.29, 1.82) is 5.26 Å². The number of carbonyl (C=O) groups excluding carboxylic acids is 1. The van der Waals surface area contributed by atoms with Crippen LogP contribution in [0.2, 0.25) is 5.02 Å². The maximum Gasteiger partial charge on any atom is 0.214 e. The molecule has 0 fully saturated rings. The molecule has 0 aliphatic carbocycles. The number of rotatable bonds is 3. The molecule has 0 atom stereocenters. The first-order valence-corrected chi connectivity index (χ1v) is 8.45. The summed E-state index contributed by atoms with van der Waals surface area (Å²) in [5, 5.41) is 14.3. The maximum absolute atomic E-state index is 13.0. The molecule has 2 heterocycles. The number of ether oxygens (including phenoxy) is 2. The lowest BCUT2D eigenvalue weighted by Crippen LogP contribution is -2.16. The summed E-state index contributed by atoms with van der Waals surface area (Å²) in [4.78, 5) is 13.0. The number of fused-ring (bicyclic) bond motifs is 1. The lowest BCUT2D eigenvalue weighted by Gasteiger charge is -2.18. The predicted octanol–water partition coefficient (Wildman–Crippen LogP) is 2.98. The van der Waals surface area contributed by atoms with Crippen LogP contribution in [0.4, 0.5) is 5.82 Å². The summed E-state index contributed by atoms with van der Waals surface area (Å²) < 4.78 is 12.3. The molecule has 2 N–H and O–H groups in total. The Morgan fingerprint density at radius 3 is 2.56 bits per heavy atom. The monoisotopic (exact) mass is 380 g/mol. The molecule has 3 aromatic rings. The minimum Gasteiger partial charge on any atom is -0.486 e. The van der Waals surface area contributed by atoms with E-state index in [0.29, 0.717) is 41.0 Å². The number of carbonyl (C=O) groups is 1. The number of nitrogen functional groups attached to an aromatic ring is 1. The molecule has 1 aliphatic rings. The largest absolute Gasteiger partial charge is 0.486 e. The third-order valence-electron chi connectivity index (χ3n) is 4.12. The topological polar surface area (TPSA) is 103 Å². The normalized spacial score (nSPS) is 12.4. The van der Waals surface area contributed by atoms with E-state index in [1.54, 1.807) is 42.5 Å². The van der Waals surface area contributed by atoms with Gasteiger partial charge in [0.25, 0.3) is 0 Å². The smallest absolute Gasteiger partial charge is 0.214 e. The molecule has 1 aliphatic heterocycles. The first-order chi connectivity index (χ1) is 13.1. The lowest BCUT2D eigenvalue weighted by molar-refractivity contribution is 0.103. The van der Waals surface area contributed by atoms with Crippen LogP contribution in [0.15, 0.2) is 42.5 Å². The van der Waals surface area contributed by atoms with E-state index in [2.05, 4.69) is 5.10 Å². The van der Waals surface area contributed by atoms with Crippen molar-refractivity contribution in [3.8, 4) is 23.3 Å². The van der Waals surface area contributed by atoms with E-state index in [-0.39, 0.29) is 17.1 Å². The Labute approximate surface area is 159 Å². The predicted molar refractivity (Wildman–Crippen MR) is 98.6 cm³/mol. The Morgan fingerprint density at radius 2 is 1.85 bits per heavy atom. The summed E-state index contributed by atoms with van der Waals surface area (Å²) in [6.07, 6.45) is 0. The molecule has 2 aromatic carbocycles.